The lowest BCUT2D eigenvalue weighted by atomic mass is 10.2. The molecule has 0 atom stereocenters. The summed E-state index contributed by atoms with van der Waals surface area (Å²) in [7, 11) is 0. The number of allylic oxidation sites excluding steroid dienone is 3. The molecule has 0 amide bonds. The summed E-state index contributed by atoms with van der Waals surface area (Å²) >= 11 is 0. The minimum atomic E-state index is -2.64. The van der Waals surface area contributed by atoms with E-state index in [0.717, 1.165) is 5.57 Å². The Morgan fingerprint density at radius 2 is 2.33 bits per heavy atom. The third-order valence-electron chi connectivity index (χ3n) is 1.22. The molecule has 0 aromatic rings. The zero-order valence-corrected chi connectivity index (χ0v) is 7.39. The van der Waals surface area contributed by atoms with Crippen LogP contribution in [0.15, 0.2) is 23.3 Å². The molecule has 0 aromatic heterocycles. The minimum Gasteiger partial charge on any atom is -0.251 e. The van der Waals surface area contributed by atoms with Crippen LogP contribution in [0, 0.1) is 0 Å². The average Bonchev–Trinajstić information content (AvgIpc) is 2.13. The Kier molecular flexibility index (Phi) is 2.70. The van der Waals surface area contributed by atoms with Crippen molar-refractivity contribution >= 4 is 0 Å². The summed E-state index contributed by atoms with van der Waals surface area (Å²) in [6, 6.07) is 0. The van der Waals surface area contributed by atoms with Crippen molar-refractivity contribution in [1.29, 1.82) is 1.43 Å². The predicted molar refractivity (Wildman–Crippen MR) is 51.0 cm³/mol. The van der Waals surface area contributed by atoms with Gasteiger partial charge in [0, 0.05) is 4.11 Å². The zero-order valence-electron chi connectivity index (χ0n) is 13.4. The van der Waals surface area contributed by atoms with E-state index in [1.807, 2.05) is 19.9 Å². The Hall–Kier alpha value is -0.600. The lowest BCUT2D eigenvalue weighted by Crippen LogP contribution is -1.89. The fourth-order valence-corrected chi connectivity index (χ4v) is 0.686. The molecule has 0 aliphatic carbocycles. The Morgan fingerprint density at radius 1 is 1.58 bits per heavy atom. The maximum absolute atomic E-state index is 7.41. The molecule has 0 aliphatic rings. The number of unbranched alkanes of at least 4 members (excludes halogenated alkanes) is 1. The molecule has 0 saturated carbocycles. The van der Waals surface area contributed by atoms with Gasteiger partial charge in [-0.25, -0.2) is 4.89 Å². The summed E-state index contributed by atoms with van der Waals surface area (Å²) in [4.78, 5) is 4.05. The van der Waals surface area contributed by atoms with Gasteiger partial charge in [-0.2, -0.15) is 0 Å². The van der Waals surface area contributed by atoms with Gasteiger partial charge in [0.25, 0.3) is 1.43 Å². The normalized spacial score (nSPS) is 21.0. The van der Waals surface area contributed by atoms with Gasteiger partial charge in [-0.3, -0.25) is 5.26 Å². The molecule has 0 spiro atoms. The van der Waals surface area contributed by atoms with E-state index in [0.29, 0.717) is 12.8 Å². The van der Waals surface area contributed by atoms with E-state index in [4.69, 9.17) is 8.28 Å². The van der Waals surface area contributed by atoms with Crippen LogP contribution < -0.4 is 0 Å². The van der Waals surface area contributed by atoms with Gasteiger partial charge in [0.05, 0.1) is 2.74 Å². The van der Waals surface area contributed by atoms with Crippen LogP contribution in [-0.2, 0) is 4.89 Å². The van der Waals surface area contributed by atoms with Gasteiger partial charge in [0.1, 0.15) is 6.56 Å². The number of hydrogen-bond acceptors (Lipinski definition) is 2. The van der Waals surface area contributed by atoms with E-state index >= 15 is 0 Å². The zero-order chi connectivity index (χ0) is 14.4. The third kappa shape index (κ3) is 7.51. The molecule has 2 heteroatoms. The quantitative estimate of drug-likeness (QED) is 0.291. The van der Waals surface area contributed by atoms with Crippen LogP contribution in [0.4, 0.5) is 0 Å². The second kappa shape index (κ2) is 7.07. The molecule has 12 heavy (non-hydrogen) atoms. The summed E-state index contributed by atoms with van der Waals surface area (Å²) in [5, 5.41) is 3.50. The summed E-state index contributed by atoms with van der Waals surface area (Å²) < 4.78 is 42.9. The van der Waals surface area contributed by atoms with Crippen molar-refractivity contribution in [3.8, 4) is 0 Å². The van der Waals surface area contributed by atoms with Gasteiger partial charge in [-0.05, 0) is 39.1 Å². The molecule has 1 N–H and O–H groups in total. The monoisotopic (exact) mass is 176 g/mol. The van der Waals surface area contributed by atoms with E-state index in [9.17, 15) is 0 Å². The number of rotatable bonds is 6. The Bertz CT molecular complexity index is 315. The van der Waals surface area contributed by atoms with Gasteiger partial charge >= 0.3 is 0 Å². The van der Waals surface area contributed by atoms with Crippen LogP contribution in [0.2, 0.25) is 0 Å². The molecule has 0 aromatic carbocycles. The molecule has 70 valence electrons. The minimum absolute atomic E-state index is 0.375. The molecule has 0 rings (SSSR count). The van der Waals surface area contributed by atoms with Crippen LogP contribution in [0.25, 0.3) is 1.43 Å². The summed E-state index contributed by atoms with van der Waals surface area (Å²) in [6.45, 7) is -1.43. The summed E-state index contributed by atoms with van der Waals surface area (Å²) in [5.74, 6) is 0. The van der Waals surface area contributed by atoms with Gasteiger partial charge in [-0.15, -0.1) is 0 Å². The first-order chi connectivity index (χ1) is 8.11. The molecular weight excluding hydrogens is 152 g/mol. The molecule has 0 radical (unpaired) electrons. The van der Waals surface area contributed by atoms with E-state index in [-0.39, 0.29) is 0 Å². The third-order valence-corrected chi connectivity index (χ3v) is 1.22. The summed E-state index contributed by atoms with van der Waals surface area (Å²) in [5.41, 5.74) is 0.594. The smallest absolute Gasteiger partial charge is 0.251 e. The van der Waals surface area contributed by atoms with Crippen molar-refractivity contribution in [3.05, 3.63) is 23.3 Å². The van der Waals surface area contributed by atoms with Crippen LogP contribution in [0.3, 0.4) is 0 Å². The van der Waals surface area contributed by atoms with E-state index in [1.165, 1.54) is 6.08 Å². The van der Waals surface area contributed by atoms with Crippen molar-refractivity contribution in [1.82, 2.24) is 0 Å². The highest BCUT2D eigenvalue weighted by molar-refractivity contribution is 5.00. The number of hydrogen-bond donors (Lipinski definition) is 1. The second-order valence-corrected chi connectivity index (χ2v) is 2.66. The van der Waals surface area contributed by atoms with Crippen LogP contribution in [0.5, 0.6) is 0 Å². The van der Waals surface area contributed by atoms with Gasteiger partial charge < -0.3 is 0 Å². The van der Waals surface area contributed by atoms with Crippen molar-refractivity contribution < 1.29 is 17.0 Å². The fourth-order valence-electron chi connectivity index (χ4n) is 0.686. The highest BCUT2D eigenvalue weighted by Crippen LogP contribution is 2.01. The first kappa shape index (κ1) is 4.58. The Morgan fingerprint density at radius 3 is 2.92 bits per heavy atom. The lowest BCUT2D eigenvalue weighted by Gasteiger charge is -1.96. The van der Waals surface area contributed by atoms with Crippen molar-refractivity contribution in [2.24, 2.45) is 0 Å². The predicted octanol–water partition coefficient (Wildman–Crippen LogP) is 3.17. The van der Waals surface area contributed by atoms with Crippen molar-refractivity contribution in [2.75, 3.05) is 6.56 Å². The van der Waals surface area contributed by atoms with Crippen LogP contribution >= 0.6 is 0 Å². The maximum Gasteiger partial charge on any atom is 0.255 e. The van der Waals surface area contributed by atoms with Gasteiger partial charge in [-0.1, -0.05) is 17.7 Å². The van der Waals surface area contributed by atoms with Crippen LogP contribution in [-0.4, -0.2) is 11.8 Å². The molecule has 0 fully saturated rings. The molecule has 0 heterocycles. The Balaban J connectivity index is 4.91. The molecule has 0 saturated heterocycles. The fraction of sp³-hybridized carbons (Fsp3) is 0.600. The maximum atomic E-state index is 7.41. The van der Waals surface area contributed by atoms with E-state index < -0.39 is 19.0 Å². The molecular formula is C10H18O2. The van der Waals surface area contributed by atoms with Crippen molar-refractivity contribution in [2.45, 2.75) is 33.5 Å². The van der Waals surface area contributed by atoms with Crippen molar-refractivity contribution in [3.63, 3.8) is 0 Å². The SMILES string of the molecule is [2H]OOC([2H])([2H])/C(=C/CCC=C(C)C)C([2H])([2H])[2H]. The standard InChI is InChI=1S/C10H18O2/c1-9(2)6-4-5-7-10(3)8-12-11/h6-7,11H,4-5,8H2,1-3H3/b10-7+/i3D3,8D2/hD. The highest BCUT2D eigenvalue weighted by Gasteiger charge is 1.87. The Labute approximate surface area is 83.0 Å². The average molecular weight is 176 g/mol. The lowest BCUT2D eigenvalue weighted by molar-refractivity contribution is -0.234. The summed E-state index contributed by atoms with van der Waals surface area (Å²) in [6.07, 6.45) is 4.18. The van der Waals surface area contributed by atoms with Gasteiger partial charge in [0.2, 0.25) is 0 Å². The van der Waals surface area contributed by atoms with Gasteiger partial charge in [0.15, 0.2) is 0 Å². The molecule has 0 bridgehead atoms. The van der Waals surface area contributed by atoms with E-state index in [1.54, 1.807) is 0 Å². The largest absolute Gasteiger partial charge is 0.255 e. The topological polar surface area (TPSA) is 29.5 Å². The molecule has 2 nitrogen and oxygen atoms in total. The molecule has 0 aliphatic heterocycles. The second-order valence-electron chi connectivity index (χ2n) is 2.66. The highest BCUT2D eigenvalue weighted by atomic mass is 17.1. The van der Waals surface area contributed by atoms with E-state index in [2.05, 4.69) is 10.1 Å². The van der Waals surface area contributed by atoms with Crippen LogP contribution in [0.1, 0.15) is 40.4 Å². The first-order valence-corrected chi connectivity index (χ1v) is 3.76. The first-order valence-electron chi connectivity index (χ1n) is 6.67. The molecule has 0 unspecified atom stereocenters.